The summed E-state index contributed by atoms with van der Waals surface area (Å²) in [5, 5.41) is 17.0. The molecule has 0 saturated carbocycles. The van der Waals surface area contributed by atoms with Crippen molar-refractivity contribution in [2.45, 2.75) is 0 Å². The second-order valence-electron chi connectivity index (χ2n) is 16.3. The van der Waals surface area contributed by atoms with Crippen LogP contribution in [0.3, 0.4) is 0 Å². The van der Waals surface area contributed by atoms with Crippen molar-refractivity contribution in [1.82, 2.24) is 0 Å². The predicted molar refractivity (Wildman–Crippen MR) is 260 cm³/mol. The van der Waals surface area contributed by atoms with Crippen LogP contribution in [0.2, 0.25) is 0 Å². The van der Waals surface area contributed by atoms with Gasteiger partial charge < -0.3 is 4.42 Å². The molecule has 0 spiro atoms. The number of rotatable bonds is 4. The van der Waals surface area contributed by atoms with E-state index in [1.165, 1.54) is 104 Å². The van der Waals surface area contributed by atoms with E-state index < -0.39 is 0 Å². The number of fused-ring (bicyclic) bond motifs is 12. The van der Waals surface area contributed by atoms with Crippen LogP contribution < -0.4 is 0 Å². The van der Waals surface area contributed by atoms with Crippen LogP contribution in [0.4, 0.5) is 0 Å². The summed E-state index contributed by atoms with van der Waals surface area (Å²) >= 11 is 0. The van der Waals surface area contributed by atoms with Crippen molar-refractivity contribution < 1.29 is 4.42 Å². The summed E-state index contributed by atoms with van der Waals surface area (Å²) in [6.45, 7) is 0. The minimum atomic E-state index is 0.917. The van der Waals surface area contributed by atoms with Gasteiger partial charge in [-0.05, 0) is 140 Å². The van der Waals surface area contributed by atoms with Crippen LogP contribution in [0.1, 0.15) is 0 Å². The van der Waals surface area contributed by atoms with Gasteiger partial charge in [-0.3, -0.25) is 0 Å². The lowest BCUT2D eigenvalue weighted by Gasteiger charge is -2.20. The minimum absolute atomic E-state index is 0.917. The van der Waals surface area contributed by atoms with Crippen molar-refractivity contribution in [2.75, 3.05) is 0 Å². The molecule has 1 heterocycles. The molecule has 1 heteroatoms. The fraction of sp³-hybridized carbons (Fsp3) is 0. The molecule has 0 amide bonds. The molecule has 61 heavy (non-hydrogen) atoms. The molecule has 13 rings (SSSR count). The first kappa shape index (κ1) is 33.9. The maximum atomic E-state index is 6.87. The molecule has 0 atom stereocenters. The number of furan rings is 1. The van der Waals surface area contributed by atoms with Crippen molar-refractivity contribution >= 4 is 86.6 Å². The summed E-state index contributed by atoms with van der Waals surface area (Å²) in [4.78, 5) is 0. The molecule has 0 aliphatic rings. The van der Waals surface area contributed by atoms with E-state index in [0.29, 0.717) is 0 Å². The smallest absolute Gasteiger partial charge is 0.143 e. The van der Waals surface area contributed by atoms with Crippen LogP contribution in [0.25, 0.3) is 131 Å². The Morgan fingerprint density at radius 2 is 0.787 bits per heavy atom. The Balaban J connectivity index is 1.04. The zero-order valence-electron chi connectivity index (χ0n) is 33.2. The van der Waals surface area contributed by atoms with Gasteiger partial charge in [-0.15, -0.1) is 0 Å². The highest BCUT2D eigenvalue weighted by atomic mass is 16.3. The maximum Gasteiger partial charge on any atom is 0.143 e. The summed E-state index contributed by atoms with van der Waals surface area (Å²) in [6, 6.07) is 80.1. The van der Waals surface area contributed by atoms with Crippen molar-refractivity contribution in [3.8, 4) is 44.5 Å². The predicted octanol–water partition coefficient (Wildman–Crippen LogP) is 17.2. The molecule has 1 nitrogen and oxygen atoms in total. The van der Waals surface area contributed by atoms with Crippen molar-refractivity contribution in [3.05, 3.63) is 218 Å². The molecule has 0 fully saturated rings. The van der Waals surface area contributed by atoms with E-state index in [1.807, 2.05) is 0 Å². The van der Waals surface area contributed by atoms with Gasteiger partial charge in [-0.1, -0.05) is 182 Å². The monoisotopic (exact) mass is 772 g/mol. The average molecular weight is 773 g/mol. The molecule has 0 aliphatic carbocycles. The molecule has 0 aliphatic heterocycles. The second kappa shape index (κ2) is 13.3. The molecule has 282 valence electrons. The van der Waals surface area contributed by atoms with E-state index in [4.69, 9.17) is 4.42 Å². The molecule has 0 bridgehead atoms. The van der Waals surface area contributed by atoms with Crippen molar-refractivity contribution in [3.63, 3.8) is 0 Å². The highest BCUT2D eigenvalue weighted by Gasteiger charge is 2.21. The molecule has 0 radical (unpaired) electrons. The van der Waals surface area contributed by atoms with Gasteiger partial charge in [-0.25, -0.2) is 0 Å². The molecule has 1 aromatic heterocycles. The molecule has 0 saturated heterocycles. The quantitative estimate of drug-likeness (QED) is 0.128. The summed E-state index contributed by atoms with van der Waals surface area (Å²) in [7, 11) is 0. The Morgan fingerprint density at radius 3 is 1.52 bits per heavy atom. The highest BCUT2D eigenvalue weighted by Crippen LogP contribution is 2.48. The van der Waals surface area contributed by atoms with E-state index >= 15 is 0 Å². The van der Waals surface area contributed by atoms with Gasteiger partial charge in [0.1, 0.15) is 11.2 Å². The van der Waals surface area contributed by atoms with Crippen LogP contribution in [0.15, 0.2) is 223 Å². The minimum Gasteiger partial charge on any atom is -0.455 e. The largest absolute Gasteiger partial charge is 0.455 e. The summed E-state index contributed by atoms with van der Waals surface area (Å²) in [6.07, 6.45) is 0. The van der Waals surface area contributed by atoms with Crippen LogP contribution >= 0.6 is 0 Å². The third-order valence-electron chi connectivity index (χ3n) is 13.0. The summed E-state index contributed by atoms with van der Waals surface area (Å²) < 4.78 is 6.87. The third-order valence-corrected chi connectivity index (χ3v) is 13.0. The van der Waals surface area contributed by atoms with Gasteiger partial charge in [0.15, 0.2) is 0 Å². The molecular formula is C60H36O. The molecule has 0 unspecified atom stereocenters. The standard InChI is InChI=1S/C60H36O/c1-2-15-37(16-3-1)44-32-42-19-6-7-22-45(42)53(35-44)58-51-27-12-10-25-49(51)57(50-26-11-13-28-52(50)58)43-21-14-20-38(31-43)41-29-30-47-46-23-8-9-24-48(46)59-55-34-39-17-4-5-18-40(39)36-56(55)61-60(59)54(47)33-41/h1-36H. The first-order valence-corrected chi connectivity index (χ1v) is 21.1. The normalized spacial score (nSPS) is 11.9. The average Bonchev–Trinajstić information content (AvgIpc) is 3.71. The van der Waals surface area contributed by atoms with Gasteiger partial charge in [0, 0.05) is 16.2 Å². The Labute approximate surface area is 352 Å². The first-order chi connectivity index (χ1) is 30.2. The van der Waals surface area contributed by atoms with E-state index in [0.717, 1.165) is 27.5 Å². The lowest BCUT2D eigenvalue weighted by atomic mass is 9.83. The lowest BCUT2D eigenvalue weighted by Crippen LogP contribution is -1.93. The molecular weight excluding hydrogens is 737 g/mol. The van der Waals surface area contributed by atoms with E-state index in [1.54, 1.807) is 0 Å². The van der Waals surface area contributed by atoms with E-state index in [9.17, 15) is 0 Å². The highest BCUT2D eigenvalue weighted by molar-refractivity contribution is 6.31. The Bertz CT molecular complexity index is 3870. The van der Waals surface area contributed by atoms with Crippen LogP contribution in [-0.4, -0.2) is 0 Å². The van der Waals surface area contributed by atoms with Crippen LogP contribution in [0.5, 0.6) is 0 Å². The van der Waals surface area contributed by atoms with Crippen molar-refractivity contribution in [1.29, 1.82) is 0 Å². The lowest BCUT2D eigenvalue weighted by molar-refractivity contribution is 0.673. The number of hydrogen-bond donors (Lipinski definition) is 0. The maximum absolute atomic E-state index is 6.87. The van der Waals surface area contributed by atoms with Gasteiger partial charge >= 0.3 is 0 Å². The second-order valence-corrected chi connectivity index (χ2v) is 16.3. The molecule has 12 aromatic carbocycles. The number of benzene rings is 12. The summed E-state index contributed by atoms with van der Waals surface area (Å²) in [5.41, 5.74) is 11.6. The Morgan fingerprint density at radius 1 is 0.246 bits per heavy atom. The topological polar surface area (TPSA) is 13.1 Å². The van der Waals surface area contributed by atoms with E-state index in [-0.39, 0.29) is 0 Å². The number of hydrogen-bond acceptors (Lipinski definition) is 1. The zero-order chi connectivity index (χ0) is 40.0. The Hall–Kier alpha value is -8.00. The van der Waals surface area contributed by atoms with Crippen LogP contribution in [-0.2, 0) is 0 Å². The zero-order valence-corrected chi connectivity index (χ0v) is 33.2. The van der Waals surface area contributed by atoms with Gasteiger partial charge in [0.2, 0.25) is 0 Å². The fourth-order valence-corrected chi connectivity index (χ4v) is 10.2. The fourth-order valence-electron chi connectivity index (χ4n) is 10.2. The SMILES string of the molecule is c1ccc(-c2cc(-c3c4ccccc4c(-c4cccc(-c5ccc6c7ccccc7c7c8cc9ccccc9cc8oc7c6c5)c4)c4ccccc34)c3ccccc3c2)cc1. The van der Waals surface area contributed by atoms with Gasteiger partial charge in [0.05, 0.1) is 0 Å². The van der Waals surface area contributed by atoms with Crippen molar-refractivity contribution in [2.24, 2.45) is 0 Å². The first-order valence-electron chi connectivity index (χ1n) is 21.1. The molecule has 13 aromatic rings. The summed E-state index contributed by atoms with van der Waals surface area (Å²) in [5.74, 6) is 0. The van der Waals surface area contributed by atoms with E-state index in [2.05, 4.69) is 218 Å². The van der Waals surface area contributed by atoms with Gasteiger partial charge in [-0.2, -0.15) is 0 Å². The third kappa shape index (κ3) is 5.21. The molecule has 0 N–H and O–H groups in total. The Kier molecular flexibility index (Phi) is 7.37. The van der Waals surface area contributed by atoms with Gasteiger partial charge in [0.25, 0.3) is 0 Å². The van der Waals surface area contributed by atoms with Crippen LogP contribution in [0, 0.1) is 0 Å².